The molecule has 0 saturated heterocycles. The lowest BCUT2D eigenvalue weighted by molar-refractivity contribution is 0.428. The summed E-state index contributed by atoms with van der Waals surface area (Å²) in [5.41, 5.74) is 0.911. The van der Waals surface area contributed by atoms with E-state index < -0.39 is 0 Å². The molecule has 2 heterocycles. The third-order valence-electron chi connectivity index (χ3n) is 4.59. The van der Waals surface area contributed by atoms with Crippen molar-refractivity contribution in [2.45, 2.75) is 25.7 Å². The maximum absolute atomic E-state index is 4.62. The van der Waals surface area contributed by atoms with Crippen LogP contribution in [-0.4, -0.2) is 28.0 Å². The molecule has 0 atom stereocenters. The summed E-state index contributed by atoms with van der Waals surface area (Å²) in [5, 5.41) is 6.66. The van der Waals surface area contributed by atoms with Gasteiger partial charge in [0.05, 0.1) is 6.20 Å². The second kappa shape index (κ2) is 4.65. The summed E-state index contributed by atoms with van der Waals surface area (Å²) < 4.78 is 2.02. The molecule has 2 aromatic heterocycles. The van der Waals surface area contributed by atoms with Crippen LogP contribution < -0.4 is 10.6 Å². The van der Waals surface area contributed by atoms with Gasteiger partial charge in [0.2, 0.25) is 0 Å². The molecule has 2 aromatic rings. The first kappa shape index (κ1) is 12.0. The topological polar surface area (TPSA) is 54.2 Å². The molecule has 2 N–H and O–H groups in total. The normalized spacial score (nSPS) is 18.7. The maximum atomic E-state index is 4.62. The molecule has 2 fully saturated rings. The van der Waals surface area contributed by atoms with Crippen LogP contribution in [0.1, 0.15) is 25.7 Å². The molecule has 0 aromatic carbocycles. The minimum atomic E-state index is 0.838. The Balaban J connectivity index is 1.56. The molecule has 0 bridgehead atoms. The van der Waals surface area contributed by atoms with Gasteiger partial charge >= 0.3 is 0 Å². The number of hydrogen-bond acceptors (Lipinski definition) is 4. The van der Waals surface area contributed by atoms with Crippen LogP contribution in [0.25, 0.3) is 5.65 Å². The predicted octanol–water partition coefficient (Wildman–Crippen LogP) is 2.62. The van der Waals surface area contributed by atoms with E-state index in [0.29, 0.717) is 0 Å². The van der Waals surface area contributed by atoms with Crippen molar-refractivity contribution in [2.24, 2.45) is 17.8 Å². The lowest BCUT2D eigenvalue weighted by Gasteiger charge is -2.17. The Hall–Kier alpha value is -1.78. The van der Waals surface area contributed by atoms with Crippen LogP contribution in [0.3, 0.4) is 0 Å². The van der Waals surface area contributed by atoms with Crippen molar-refractivity contribution in [1.82, 2.24) is 14.4 Å². The lowest BCUT2D eigenvalue weighted by Crippen LogP contribution is -2.19. The number of nitrogens with one attached hydrogen (secondary N) is 2. The fraction of sp³-hybridized carbons (Fsp3) is 0.600. The first-order valence-electron chi connectivity index (χ1n) is 7.60. The first-order valence-corrected chi connectivity index (χ1v) is 7.60. The number of aromatic nitrogens is 3. The third-order valence-corrected chi connectivity index (χ3v) is 4.59. The minimum Gasteiger partial charge on any atom is -0.372 e. The summed E-state index contributed by atoms with van der Waals surface area (Å²) in [5.74, 6) is 4.52. The molecule has 2 aliphatic rings. The summed E-state index contributed by atoms with van der Waals surface area (Å²) >= 11 is 0. The molecule has 0 spiro atoms. The van der Waals surface area contributed by atoms with E-state index in [4.69, 9.17) is 0 Å². The number of rotatable bonds is 6. The van der Waals surface area contributed by atoms with Gasteiger partial charge in [0.1, 0.15) is 5.82 Å². The Labute approximate surface area is 118 Å². The minimum absolute atomic E-state index is 0.838. The summed E-state index contributed by atoms with van der Waals surface area (Å²) in [6.07, 6.45) is 11.4. The second-order valence-electron chi connectivity index (χ2n) is 6.10. The van der Waals surface area contributed by atoms with Crippen LogP contribution in [0.4, 0.5) is 11.6 Å². The zero-order valence-corrected chi connectivity index (χ0v) is 11.8. The number of anilines is 2. The molecule has 2 aliphatic carbocycles. The summed E-state index contributed by atoms with van der Waals surface area (Å²) in [4.78, 5) is 9.02. The fourth-order valence-corrected chi connectivity index (χ4v) is 3.15. The molecule has 106 valence electrons. The number of imidazole rings is 1. The molecular weight excluding hydrogens is 250 g/mol. The molecule has 4 rings (SSSR count). The van der Waals surface area contributed by atoms with E-state index in [2.05, 4.69) is 20.6 Å². The molecular formula is C15H21N5. The summed E-state index contributed by atoms with van der Waals surface area (Å²) in [6.45, 7) is 1.04. The molecule has 0 radical (unpaired) electrons. The van der Waals surface area contributed by atoms with Gasteiger partial charge in [-0.15, -0.1) is 0 Å². The van der Waals surface area contributed by atoms with E-state index >= 15 is 0 Å². The lowest BCUT2D eigenvalue weighted by atomic mass is 9.98. The molecule has 5 heteroatoms. The van der Waals surface area contributed by atoms with Crippen molar-refractivity contribution in [3.8, 4) is 0 Å². The fourth-order valence-electron chi connectivity index (χ4n) is 3.15. The van der Waals surface area contributed by atoms with E-state index in [1.807, 2.05) is 30.0 Å². The maximum Gasteiger partial charge on any atom is 0.180 e. The number of fused-ring (bicyclic) bond motifs is 1. The van der Waals surface area contributed by atoms with Gasteiger partial charge in [-0.1, -0.05) is 0 Å². The van der Waals surface area contributed by atoms with Crippen molar-refractivity contribution < 1.29 is 0 Å². The van der Waals surface area contributed by atoms with Crippen LogP contribution >= 0.6 is 0 Å². The average Bonchev–Trinajstić information content (AvgIpc) is 3.38. The number of hydrogen-bond donors (Lipinski definition) is 2. The standard InChI is InChI=1S/C15H21N5/c1-16-13-9-20-7-6-17-15(20)14(19-13)18-8-12(10-2-3-10)11-4-5-11/h6-7,9-12,16H,2-5,8H2,1H3,(H,18,19). The van der Waals surface area contributed by atoms with Gasteiger partial charge < -0.3 is 15.0 Å². The highest BCUT2D eigenvalue weighted by Gasteiger charge is 2.41. The van der Waals surface area contributed by atoms with Gasteiger partial charge in [-0.3, -0.25) is 0 Å². The Bertz CT molecular complexity index is 600. The molecule has 0 amide bonds. The Morgan fingerprint density at radius 3 is 2.70 bits per heavy atom. The van der Waals surface area contributed by atoms with Crippen LogP contribution in [-0.2, 0) is 0 Å². The van der Waals surface area contributed by atoms with Crippen LogP contribution in [0.2, 0.25) is 0 Å². The first-order chi connectivity index (χ1) is 9.85. The average molecular weight is 271 g/mol. The Kier molecular flexibility index (Phi) is 2.79. The second-order valence-corrected chi connectivity index (χ2v) is 6.10. The monoisotopic (exact) mass is 271 g/mol. The SMILES string of the molecule is CNc1cn2ccnc2c(NCC(C2CC2)C2CC2)n1. The van der Waals surface area contributed by atoms with E-state index in [-0.39, 0.29) is 0 Å². The molecule has 2 saturated carbocycles. The van der Waals surface area contributed by atoms with E-state index in [1.54, 1.807) is 0 Å². The van der Waals surface area contributed by atoms with Crippen molar-refractivity contribution in [3.05, 3.63) is 18.6 Å². The van der Waals surface area contributed by atoms with Crippen LogP contribution in [0.15, 0.2) is 18.6 Å². The van der Waals surface area contributed by atoms with Crippen LogP contribution in [0.5, 0.6) is 0 Å². The predicted molar refractivity (Wildman–Crippen MR) is 80.0 cm³/mol. The third kappa shape index (κ3) is 2.21. The van der Waals surface area contributed by atoms with Gasteiger partial charge in [0.25, 0.3) is 0 Å². The molecule has 20 heavy (non-hydrogen) atoms. The smallest absolute Gasteiger partial charge is 0.180 e. The number of nitrogens with zero attached hydrogens (tertiary/aromatic N) is 3. The largest absolute Gasteiger partial charge is 0.372 e. The highest BCUT2D eigenvalue weighted by Crippen LogP contribution is 2.49. The molecule has 0 unspecified atom stereocenters. The van der Waals surface area contributed by atoms with Gasteiger partial charge in [0, 0.05) is 26.0 Å². The van der Waals surface area contributed by atoms with Crippen molar-refractivity contribution in [2.75, 3.05) is 24.2 Å². The van der Waals surface area contributed by atoms with Gasteiger partial charge in [-0.25, -0.2) is 9.97 Å². The highest BCUT2D eigenvalue weighted by atomic mass is 15.1. The van der Waals surface area contributed by atoms with Crippen LogP contribution in [0, 0.1) is 17.8 Å². The van der Waals surface area contributed by atoms with Gasteiger partial charge in [0.15, 0.2) is 11.5 Å². The van der Waals surface area contributed by atoms with E-state index in [0.717, 1.165) is 41.6 Å². The summed E-state index contributed by atoms with van der Waals surface area (Å²) in [7, 11) is 1.89. The Morgan fingerprint density at radius 2 is 2.05 bits per heavy atom. The van der Waals surface area contributed by atoms with Crippen molar-refractivity contribution in [1.29, 1.82) is 0 Å². The molecule has 0 aliphatic heterocycles. The van der Waals surface area contributed by atoms with Crippen molar-refractivity contribution in [3.63, 3.8) is 0 Å². The van der Waals surface area contributed by atoms with Gasteiger partial charge in [-0.2, -0.15) is 0 Å². The van der Waals surface area contributed by atoms with Gasteiger partial charge in [-0.05, 0) is 43.4 Å². The zero-order valence-electron chi connectivity index (χ0n) is 11.8. The summed E-state index contributed by atoms with van der Waals surface area (Å²) in [6, 6.07) is 0. The Morgan fingerprint density at radius 1 is 1.30 bits per heavy atom. The van der Waals surface area contributed by atoms with E-state index in [1.165, 1.54) is 25.7 Å². The zero-order chi connectivity index (χ0) is 13.5. The highest BCUT2D eigenvalue weighted by molar-refractivity contribution is 5.65. The van der Waals surface area contributed by atoms with Crippen molar-refractivity contribution >= 4 is 17.3 Å². The van der Waals surface area contributed by atoms with E-state index in [9.17, 15) is 0 Å². The molecule has 5 nitrogen and oxygen atoms in total. The quantitative estimate of drug-likeness (QED) is 0.848.